The van der Waals surface area contributed by atoms with E-state index in [-0.39, 0.29) is 23.0 Å². The Bertz CT molecular complexity index is 481. The Balaban J connectivity index is 2.92. The van der Waals surface area contributed by atoms with Crippen molar-refractivity contribution in [2.24, 2.45) is 12.8 Å². The number of thiocarbonyl (C=S) groups is 1. The minimum absolute atomic E-state index is 0.198. The second-order valence-corrected chi connectivity index (χ2v) is 4.02. The van der Waals surface area contributed by atoms with Gasteiger partial charge in [-0.2, -0.15) is 0 Å². The van der Waals surface area contributed by atoms with Crippen molar-refractivity contribution in [2.75, 3.05) is 13.6 Å². The molecule has 0 aliphatic carbocycles. The number of carbonyl (C=O) groups is 1. The van der Waals surface area contributed by atoms with Crippen molar-refractivity contribution in [3.8, 4) is 0 Å². The van der Waals surface area contributed by atoms with E-state index in [2.05, 4.69) is 0 Å². The maximum absolute atomic E-state index is 11.8. The molecule has 0 saturated heterocycles. The first-order valence-electron chi connectivity index (χ1n) is 4.62. The highest BCUT2D eigenvalue weighted by Crippen LogP contribution is 1.99. The molecule has 0 radical (unpaired) electrons. The number of aromatic nitrogens is 1. The number of hydrogen-bond acceptors (Lipinski definition) is 3. The standard InChI is InChI=1S/C10H13N3O2S/c1-12-4-3-7(5-9(12)14)10(15)13(2)6-8(11)16/h3-5H,6H2,1-2H3,(H2,11,16). The Morgan fingerprint density at radius 2 is 2.25 bits per heavy atom. The lowest BCUT2D eigenvalue weighted by Gasteiger charge is -2.16. The zero-order valence-electron chi connectivity index (χ0n) is 9.14. The van der Waals surface area contributed by atoms with Gasteiger partial charge in [-0.05, 0) is 6.07 Å². The molecular weight excluding hydrogens is 226 g/mol. The van der Waals surface area contributed by atoms with E-state index in [0.717, 1.165) is 0 Å². The number of hydrogen-bond donors (Lipinski definition) is 1. The van der Waals surface area contributed by atoms with Crippen LogP contribution in [0.15, 0.2) is 23.1 Å². The molecule has 5 nitrogen and oxygen atoms in total. The molecule has 0 aliphatic rings. The molecule has 0 atom stereocenters. The molecule has 0 bridgehead atoms. The van der Waals surface area contributed by atoms with E-state index in [1.54, 1.807) is 26.4 Å². The monoisotopic (exact) mass is 239 g/mol. The van der Waals surface area contributed by atoms with Gasteiger partial charge >= 0.3 is 0 Å². The molecule has 6 heteroatoms. The minimum Gasteiger partial charge on any atom is -0.392 e. The predicted molar refractivity (Wildman–Crippen MR) is 65.4 cm³/mol. The summed E-state index contributed by atoms with van der Waals surface area (Å²) in [6.45, 7) is 0.198. The molecule has 0 aliphatic heterocycles. The zero-order valence-corrected chi connectivity index (χ0v) is 9.95. The Kier molecular flexibility index (Phi) is 3.78. The second-order valence-electron chi connectivity index (χ2n) is 3.49. The molecule has 1 aromatic rings. The molecule has 1 rings (SSSR count). The second kappa shape index (κ2) is 4.89. The molecule has 0 unspecified atom stereocenters. The normalized spacial score (nSPS) is 9.88. The van der Waals surface area contributed by atoms with Crippen LogP contribution in [0.2, 0.25) is 0 Å². The number of nitrogens with two attached hydrogens (primary N) is 1. The molecule has 1 amide bonds. The van der Waals surface area contributed by atoms with Crippen LogP contribution in [0.1, 0.15) is 10.4 Å². The van der Waals surface area contributed by atoms with Crippen LogP contribution in [-0.4, -0.2) is 34.0 Å². The van der Waals surface area contributed by atoms with E-state index in [0.29, 0.717) is 5.56 Å². The lowest BCUT2D eigenvalue weighted by molar-refractivity contribution is 0.0815. The molecule has 1 heterocycles. The fourth-order valence-electron chi connectivity index (χ4n) is 1.21. The smallest absolute Gasteiger partial charge is 0.254 e. The molecule has 86 valence electrons. The molecule has 0 spiro atoms. The fraction of sp³-hybridized carbons (Fsp3) is 0.300. The van der Waals surface area contributed by atoms with E-state index in [4.69, 9.17) is 18.0 Å². The topological polar surface area (TPSA) is 68.3 Å². The lowest BCUT2D eigenvalue weighted by Crippen LogP contribution is -2.35. The SMILES string of the molecule is CN(CC(N)=S)C(=O)c1ccn(C)c(=O)c1. The van der Waals surface area contributed by atoms with Crippen molar-refractivity contribution in [3.63, 3.8) is 0 Å². The summed E-state index contributed by atoms with van der Waals surface area (Å²) < 4.78 is 1.39. The summed E-state index contributed by atoms with van der Waals surface area (Å²) in [4.78, 5) is 24.7. The zero-order chi connectivity index (χ0) is 12.3. The number of aryl methyl sites for hydroxylation is 1. The fourth-order valence-corrected chi connectivity index (χ4v) is 1.40. The van der Waals surface area contributed by atoms with Gasteiger partial charge in [0.15, 0.2) is 0 Å². The van der Waals surface area contributed by atoms with Gasteiger partial charge in [-0.1, -0.05) is 12.2 Å². The molecular formula is C10H13N3O2S. The third-order valence-corrected chi connectivity index (χ3v) is 2.22. The van der Waals surface area contributed by atoms with E-state index in [1.165, 1.54) is 15.5 Å². The molecule has 16 heavy (non-hydrogen) atoms. The first-order chi connectivity index (χ1) is 7.41. The van der Waals surface area contributed by atoms with Crippen LogP contribution < -0.4 is 11.3 Å². The van der Waals surface area contributed by atoms with Crippen molar-refractivity contribution in [1.29, 1.82) is 0 Å². The number of rotatable bonds is 3. The van der Waals surface area contributed by atoms with Gasteiger partial charge in [0.05, 0.1) is 11.5 Å². The van der Waals surface area contributed by atoms with Gasteiger partial charge < -0.3 is 15.2 Å². The Morgan fingerprint density at radius 3 is 2.75 bits per heavy atom. The highest BCUT2D eigenvalue weighted by molar-refractivity contribution is 7.80. The van der Waals surface area contributed by atoms with Crippen molar-refractivity contribution >= 4 is 23.1 Å². The van der Waals surface area contributed by atoms with Gasteiger partial charge in [-0.15, -0.1) is 0 Å². The Labute approximate surface area is 98.5 Å². The number of likely N-dealkylation sites (N-methyl/N-ethyl adjacent to an activating group) is 1. The van der Waals surface area contributed by atoms with E-state index < -0.39 is 0 Å². The number of amides is 1. The third-order valence-electron chi connectivity index (χ3n) is 2.09. The molecule has 0 aromatic carbocycles. The van der Waals surface area contributed by atoms with Gasteiger partial charge in [0.1, 0.15) is 0 Å². The van der Waals surface area contributed by atoms with Crippen LogP contribution in [0.4, 0.5) is 0 Å². The van der Waals surface area contributed by atoms with Crippen molar-refractivity contribution in [1.82, 2.24) is 9.47 Å². The summed E-state index contributed by atoms with van der Waals surface area (Å²) in [5.74, 6) is -0.273. The van der Waals surface area contributed by atoms with Crippen LogP contribution in [0.5, 0.6) is 0 Å². The van der Waals surface area contributed by atoms with Crippen LogP contribution in [0.25, 0.3) is 0 Å². The summed E-state index contributed by atoms with van der Waals surface area (Å²) >= 11 is 4.71. The van der Waals surface area contributed by atoms with Crippen LogP contribution >= 0.6 is 12.2 Å². The van der Waals surface area contributed by atoms with Crippen molar-refractivity contribution in [2.45, 2.75) is 0 Å². The average molecular weight is 239 g/mol. The highest BCUT2D eigenvalue weighted by atomic mass is 32.1. The van der Waals surface area contributed by atoms with Crippen LogP contribution in [-0.2, 0) is 7.05 Å². The average Bonchev–Trinajstić information content (AvgIpc) is 2.20. The summed E-state index contributed by atoms with van der Waals surface area (Å²) in [6.07, 6.45) is 1.55. The first-order valence-corrected chi connectivity index (χ1v) is 5.03. The number of pyridine rings is 1. The Morgan fingerprint density at radius 1 is 1.62 bits per heavy atom. The quantitative estimate of drug-likeness (QED) is 0.738. The lowest BCUT2D eigenvalue weighted by atomic mass is 10.2. The summed E-state index contributed by atoms with van der Waals surface area (Å²) in [5, 5.41) is 0. The number of nitrogens with zero attached hydrogens (tertiary/aromatic N) is 2. The first kappa shape index (κ1) is 12.4. The van der Waals surface area contributed by atoms with E-state index in [1.807, 2.05) is 0 Å². The highest BCUT2D eigenvalue weighted by Gasteiger charge is 2.12. The molecule has 0 saturated carbocycles. The van der Waals surface area contributed by atoms with Gasteiger partial charge in [0.25, 0.3) is 11.5 Å². The Hall–Kier alpha value is -1.69. The van der Waals surface area contributed by atoms with Gasteiger partial charge in [0, 0.05) is 31.9 Å². The third kappa shape index (κ3) is 2.90. The van der Waals surface area contributed by atoms with Crippen molar-refractivity contribution in [3.05, 3.63) is 34.2 Å². The predicted octanol–water partition coefficient (Wildman–Crippen LogP) is -0.257. The van der Waals surface area contributed by atoms with Crippen LogP contribution in [0.3, 0.4) is 0 Å². The number of carbonyl (C=O) groups excluding carboxylic acids is 1. The maximum atomic E-state index is 11.8. The summed E-state index contributed by atoms with van der Waals surface area (Å²) in [6, 6.07) is 2.87. The molecule has 2 N–H and O–H groups in total. The van der Waals surface area contributed by atoms with Gasteiger partial charge in [-0.25, -0.2) is 0 Å². The molecule has 1 aromatic heterocycles. The summed E-state index contributed by atoms with van der Waals surface area (Å²) in [7, 11) is 3.20. The summed E-state index contributed by atoms with van der Waals surface area (Å²) in [5.41, 5.74) is 5.44. The van der Waals surface area contributed by atoms with Crippen LogP contribution in [0, 0.1) is 0 Å². The van der Waals surface area contributed by atoms with E-state index in [9.17, 15) is 9.59 Å². The maximum Gasteiger partial charge on any atom is 0.254 e. The van der Waals surface area contributed by atoms with Crippen molar-refractivity contribution < 1.29 is 4.79 Å². The van der Waals surface area contributed by atoms with Gasteiger partial charge in [0.2, 0.25) is 0 Å². The largest absolute Gasteiger partial charge is 0.392 e. The van der Waals surface area contributed by atoms with E-state index >= 15 is 0 Å². The van der Waals surface area contributed by atoms with Gasteiger partial charge in [-0.3, -0.25) is 9.59 Å². The molecule has 0 fully saturated rings. The minimum atomic E-state index is -0.273.